The van der Waals surface area contributed by atoms with E-state index in [2.05, 4.69) is 10.6 Å². The summed E-state index contributed by atoms with van der Waals surface area (Å²) < 4.78 is 5.22. The molecule has 5 nitrogen and oxygen atoms in total. The van der Waals surface area contributed by atoms with Crippen molar-refractivity contribution in [2.75, 3.05) is 6.61 Å². The second-order valence-electron chi connectivity index (χ2n) is 5.72. The number of rotatable bonds is 6. The van der Waals surface area contributed by atoms with E-state index in [0.29, 0.717) is 24.6 Å². The maximum absolute atomic E-state index is 11.8. The van der Waals surface area contributed by atoms with Crippen LogP contribution in [0, 0.1) is 5.92 Å². The second kappa shape index (κ2) is 7.11. The number of carbonyl (C=O) groups excluding carboxylic acids is 2. The number of esters is 1. The Morgan fingerprint density at radius 2 is 1.90 bits per heavy atom. The molecule has 2 N–H and O–H groups in total. The number of carbonyl (C=O) groups is 2. The van der Waals surface area contributed by atoms with Gasteiger partial charge in [-0.15, -0.1) is 0 Å². The molecule has 1 aliphatic rings. The van der Waals surface area contributed by atoms with Crippen LogP contribution in [0.25, 0.3) is 0 Å². The fourth-order valence-electron chi connectivity index (χ4n) is 1.82. The first-order valence-electron chi connectivity index (χ1n) is 7.35. The molecule has 2 rings (SSSR count). The van der Waals surface area contributed by atoms with Gasteiger partial charge in [-0.25, -0.2) is 9.59 Å². The lowest BCUT2D eigenvalue weighted by Crippen LogP contribution is -2.39. The van der Waals surface area contributed by atoms with Gasteiger partial charge in [-0.3, -0.25) is 0 Å². The summed E-state index contributed by atoms with van der Waals surface area (Å²) in [6, 6.07) is 7.01. The van der Waals surface area contributed by atoms with Crippen LogP contribution in [0.4, 0.5) is 4.79 Å². The van der Waals surface area contributed by atoms with E-state index in [1.165, 1.54) is 0 Å². The quantitative estimate of drug-likeness (QED) is 0.791. The van der Waals surface area contributed by atoms with Gasteiger partial charge in [-0.1, -0.05) is 12.1 Å². The van der Waals surface area contributed by atoms with Gasteiger partial charge in [0.1, 0.15) is 0 Å². The molecule has 0 aromatic heterocycles. The van der Waals surface area contributed by atoms with Crippen LogP contribution in [0.2, 0.25) is 0 Å². The number of hydrogen-bond acceptors (Lipinski definition) is 3. The van der Waals surface area contributed by atoms with E-state index in [1.54, 1.807) is 12.1 Å². The number of benzene rings is 1. The Kier molecular flexibility index (Phi) is 5.20. The molecule has 2 amide bonds. The maximum Gasteiger partial charge on any atom is 0.338 e. The van der Waals surface area contributed by atoms with Crippen molar-refractivity contribution in [2.45, 2.75) is 39.3 Å². The number of ether oxygens (including phenoxy) is 1. The van der Waals surface area contributed by atoms with Crippen molar-refractivity contribution < 1.29 is 14.3 Å². The molecule has 0 spiro atoms. The summed E-state index contributed by atoms with van der Waals surface area (Å²) >= 11 is 0. The third kappa shape index (κ3) is 5.45. The van der Waals surface area contributed by atoms with E-state index >= 15 is 0 Å². The third-order valence-corrected chi connectivity index (χ3v) is 3.21. The molecule has 5 heteroatoms. The van der Waals surface area contributed by atoms with E-state index in [4.69, 9.17) is 4.74 Å². The van der Waals surface area contributed by atoms with E-state index in [0.717, 1.165) is 18.4 Å². The number of urea groups is 1. The molecule has 0 aliphatic heterocycles. The Morgan fingerprint density at radius 1 is 1.24 bits per heavy atom. The van der Waals surface area contributed by atoms with Crippen LogP contribution >= 0.6 is 0 Å². The van der Waals surface area contributed by atoms with Gasteiger partial charge in [0.2, 0.25) is 0 Å². The Morgan fingerprint density at radius 3 is 2.48 bits per heavy atom. The fraction of sp³-hybridized carbons (Fsp3) is 0.500. The first-order chi connectivity index (χ1) is 10.0. The summed E-state index contributed by atoms with van der Waals surface area (Å²) in [6.45, 7) is 4.76. The smallest absolute Gasteiger partial charge is 0.338 e. The standard InChI is InChI=1S/C16H22N2O3/c1-11(2)18-16(20)17-9-12-5-7-14(8-6-12)15(19)21-10-13-3-4-13/h5-8,11,13H,3-4,9-10H2,1-2H3,(H2,17,18,20). The zero-order valence-electron chi connectivity index (χ0n) is 12.5. The van der Waals surface area contributed by atoms with Crippen molar-refractivity contribution in [3.8, 4) is 0 Å². The van der Waals surface area contributed by atoms with Crippen LogP contribution < -0.4 is 10.6 Å². The minimum absolute atomic E-state index is 0.105. The first kappa shape index (κ1) is 15.4. The van der Waals surface area contributed by atoms with Crippen molar-refractivity contribution in [1.29, 1.82) is 0 Å². The molecule has 0 unspecified atom stereocenters. The molecule has 114 valence electrons. The number of hydrogen-bond donors (Lipinski definition) is 2. The Balaban J connectivity index is 1.77. The minimum atomic E-state index is -0.279. The molecule has 0 saturated heterocycles. The lowest BCUT2D eigenvalue weighted by atomic mass is 10.1. The Bertz CT molecular complexity index is 493. The van der Waals surface area contributed by atoms with Gasteiger partial charge in [-0.2, -0.15) is 0 Å². The highest BCUT2D eigenvalue weighted by molar-refractivity contribution is 5.89. The van der Waals surface area contributed by atoms with Gasteiger partial charge in [0.15, 0.2) is 0 Å². The maximum atomic E-state index is 11.8. The van der Waals surface area contributed by atoms with Crippen molar-refractivity contribution in [3.63, 3.8) is 0 Å². The van der Waals surface area contributed by atoms with Crippen molar-refractivity contribution in [1.82, 2.24) is 10.6 Å². The summed E-state index contributed by atoms with van der Waals surface area (Å²) in [5.74, 6) is 0.288. The Labute approximate surface area is 125 Å². The summed E-state index contributed by atoms with van der Waals surface area (Å²) in [6.07, 6.45) is 2.33. The van der Waals surface area contributed by atoms with Gasteiger partial charge >= 0.3 is 12.0 Å². The lowest BCUT2D eigenvalue weighted by molar-refractivity contribution is 0.0486. The molecule has 1 fully saturated rings. The van der Waals surface area contributed by atoms with Gasteiger partial charge in [0, 0.05) is 12.6 Å². The molecule has 0 atom stereocenters. The average Bonchev–Trinajstić information content (AvgIpc) is 3.26. The monoisotopic (exact) mass is 290 g/mol. The fourth-order valence-corrected chi connectivity index (χ4v) is 1.82. The van der Waals surface area contributed by atoms with Gasteiger partial charge in [-0.05, 0) is 50.3 Å². The summed E-state index contributed by atoms with van der Waals surface area (Å²) in [5.41, 5.74) is 1.48. The lowest BCUT2D eigenvalue weighted by Gasteiger charge is -2.10. The summed E-state index contributed by atoms with van der Waals surface area (Å²) in [4.78, 5) is 23.2. The van der Waals surface area contributed by atoms with Crippen LogP contribution in [0.3, 0.4) is 0 Å². The zero-order valence-corrected chi connectivity index (χ0v) is 12.5. The predicted molar refractivity (Wildman–Crippen MR) is 80.0 cm³/mol. The Hall–Kier alpha value is -2.04. The van der Waals surface area contributed by atoms with E-state index in [-0.39, 0.29) is 18.0 Å². The zero-order chi connectivity index (χ0) is 15.2. The van der Waals surface area contributed by atoms with Crippen LogP contribution in [0.5, 0.6) is 0 Å². The molecular weight excluding hydrogens is 268 g/mol. The molecule has 1 aromatic carbocycles. The highest BCUT2D eigenvalue weighted by Gasteiger charge is 2.23. The van der Waals surface area contributed by atoms with Crippen molar-refractivity contribution >= 4 is 12.0 Å². The number of nitrogens with one attached hydrogen (secondary N) is 2. The van der Waals surface area contributed by atoms with Crippen LogP contribution in [-0.2, 0) is 11.3 Å². The van der Waals surface area contributed by atoms with Crippen LogP contribution in [-0.4, -0.2) is 24.6 Å². The molecular formula is C16H22N2O3. The minimum Gasteiger partial charge on any atom is -0.462 e. The normalized spacial score (nSPS) is 13.9. The number of amides is 2. The van der Waals surface area contributed by atoms with Crippen LogP contribution in [0.15, 0.2) is 24.3 Å². The summed E-state index contributed by atoms with van der Waals surface area (Å²) in [5, 5.41) is 5.51. The molecule has 21 heavy (non-hydrogen) atoms. The van der Waals surface area contributed by atoms with E-state index < -0.39 is 0 Å². The van der Waals surface area contributed by atoms with Gasteiger partial charge < -0.3 is 15.4 Å². The molecule has 0 radical (unpaired) electrons. The van der Waals surface area contributed by atoms with E-state index in [9.17, 15) is 9.59 Å². The van der Waals surface area contributed by atoms with Crippen molar-refractivity contribution in [3.05, 3.63) is 35.4 Å². The molecule has 0 heterocycles. The van der Waals surface area contributed by atoms with Gasteiger partial charge in [0.05, 0.1) is 12.2 Å². The van der Waals surface area contributed by atoms with E-state index in [1.807, 2.05) is 26.0 Å². The van der Waals surface area contributed by atoms with Gasteiger partial charge in [0.25, 0.3) is 0 Å². The summed E-state index contributed by atoms with van der Waals surface area (Å²) in [7, 11) is 0. The SMILES string of the molecule is CC(C)NC(=O)NCc1ccc(C(=O)OCC2CC2)cc1. The predicted octanol–water partition coefficient (Wildman–Crippen LogP) is 2.46. The topological polar surface area (TPSA) is 67.4 Å². The molecule has 1 aromatic rings. The highest BCUT2D eigenvalue weighted by Crippen LogP contribution is 2.29. The molecule has 0 bridgehead atoms. The second-order valence-corrected chi connectivity index (χ2v) is 5.72. The first-order valence-corrected chi connectivity index (χ1v) is 7.35. The largest absolute Gasteiger partial charge is 0.462 e. The van der Waals surface area contributed by atoms with Crippen molar-refractivity contribution in [2.24, 2.45) is 5.92 Å². The third-order valence-electron chi connectivity index (χ3n) is 3.21. The van der Waals surface area contributed by atoms with Crippen LogP contribution in [0.1, 0.15) is 42.6 Å². The molecule has 1 saturated carbocycles. The average molecular weight is 290 g/mol. The molecule has 1 aliphatic carbocycles. The highest BCUT2D eigenvalue weighted by atomic mass is 16.5.